The van der Waals surface area contributed by atoms with E-state index in [-0.39, 0.29) is 5.41 Å². The molecule has 0 N–H and O–H groups in total. The molecule has 2 nitrogen and oxygen atoms in total. The molecule has 0 saturated heterocycles. The average Bonchev–Trinajstić information content (AvgIpc) is 3.06. The minimum Gasteiger partial charge on any atom is -0.455 e. The molecule has 0 saturated carbocycles. The first-order chi connectivity index (χ1) is 21.4. The molecule has 2 unspecified atom stereocenters. The average molecular weight is 611 g/mol. The number of ether oxygens (including phenoxy) is 1. The topological polar surface area (TPSA) is 26.3 Å². The van der Waals surface area contributed by atoms with Crippen molar-refractivity contribution in [2.75, 3.05) is 0 Å². The molecular formula is C40H36O2P2. The van der Waals surface area contributed by atoms with E-state index in [0.29, 0.717) is 5.92 Å². The van der Waals surface area contributed by atoms with E-state index < -0.39 is 15.1 Å². The Morgan fingerprint density at radius 3 is 1.89 bits per heavy atom. The van der Waals surface area contributed by atoms with Gasteiger partial charge in [0, 0.05) is 27.2 Å². The fourth-order valence-corrected chi connectivity index (χ4v) is 12.2. The first kappa shape index (κ1) is 28.8. The van der Waals surface area contributed by atoms with Gasteiger partial charge in [0.05, 0.1) is 5.30 Å². The van der Waals surface area contributed by atoms with Crippen LogP contribution in [0.2, 0.25) is 0 Å². The molecule has 4 heteroatoms. The molecule has 0 spiro atoms. The molecule has 5 aromatic rings. The van der Waals surface area contributed by atoms with Crippen molar-refractivity contribution < 1.29 is 9.30 Å². The molecule has 1 aliphatic carbocycles. The maximum Gasteiger partial charge on any atom is 0.170 e. The van der Waals surface area contributed by atoms with E-state index in [1.807, 2.05) is 36.4 Å². The summed E-state index contributed by atoms with van der Waals surface area (Å²) in [4.78, 5) is 0. The monoisotopic (exact) mass is 610 g/mol. The summed E-state index contributed by atoms with van der Waals surface area (Å²) in [5.74, 6) is 1.95. The SMILES string of the molecule is CC1C=CC=C(P(=O)(c2ccccc2)c2cccc3c2Oc2c(P(c4ccccc4)c4ccccc4)cccc2C3(C)C)C1. The van der Waals surface area contributed by atoms with Crippen LogP contribution in [0, 0.1) is 5.92 Å². The molecular weight excluding hydrogens is 574 g/mol. The molecule has 0 amide bonds. The first-order valence-electron chi connectivity index (χ1n) is 15.3. The Hall–Kier alpha value is -3.96. The van der Waals surface area contributed by atoms with Crippen LogP contribution in [-0.4, -0.2) is 0 Å². The molecule has 1 heterocycles. The smallest absolute Gasteiger partial charge is 0.170 e. The van der Waals surface area contributed by atoms with Gasteiger partial charge in [0.1, 0.15) is 11.5 Å². The lowest BCUT2D eigenvalue weighted by Crippen LogP contribution is -2.32. The minimum atomic E-state index is -3.23. The van der Waals surface area contributed by atoms with Crippen LogP contribution in [0.1, 0.15) is 38.3 Å². The van der Waals surface area contributed by atoms with Crippen molar-refractivity contribution in [1.82, 2.24) is 0 Å². The number of hydrogen-bond acceptors (Lipinski definition) is 2. The van der Waals surface area contributed by atoms with Crippen LogP contribution in [0.3, 0.4) is 0 Å². The van der Waals surface area contributed by atoms with E-state index in [4.69, 9.17) is 4.74 Å². The quantitative estimate of drug-likeness (QED) is 0.180. The second-order valence-corrected chi connectivity index (χ2v) is 17.2. The van der Waals surface area contributed by atoms with Crippen LogP contribution in [0.25, 0.3) is 0 Å². The van der Waals surface area contributed by atoms with E-state index in [1.165, 1.54) is 15.9 Å². The van der Waals surface area contributed by atoms with Crippen LogP contribution in [0.15, 0.2) is 151 Å². The Morgan fingerprint density at radius 1 is 0.705 bits per heavy atom. The third-order valence-corrected chi connectivity index (χ3v) is 14.6. The Kier molecular flexibility index (Phi) is 7.54. The molecule has 0 radical (unpaired) electrons. The summed E-state index contributed by atoms with van der Waals surface area (Å²) in [5.41, 5.74) is 1.86. The maximum atomic E-state index is 15.8. The standard InChI is InChI=1S/C40H36O2P2/c1-29-16-13-23-33(28-29)44(41,32-21-11-6-12-22-32)37-27-15-25-35-39(37)42-38-34(40(35,2)3)24-14-26-36(38)43(30-17-7-4-8-18-30)31-19-9-5-10-20-31/h4-27,29H,28H2,1-3H3. The molecule has 2 atom stereocenters. The van der Waals surface area contributed by atoms with Crippen LogP contribution < -0.4 is 31.3 Å². The van der Waals surface area contributed by atoms with Gasteiger partial charge in [0.15, 0.2) is 7.14 Å². The zero-order valence-corrected chi connectivity index (χ0v) is 27.1. The highest BCUT2D eigenvalue weighted by Gasteiger charge is 2.43. The van der Waals surface area contributed by atoms with Crippen molar-refractivity contribution in [2.24, 2.45) is 5.92 Å². The highest BCUT2D eigenvalue weighted by atomic mass is 31.2. The zero-order valence-electron chi connectivity index (χ0n) is 25.4. The molecule has 2 aliphatic rings. The lowest BCUT2D eigenvalue weighted by Gasteiger charge is -2.38. The lowest BCUT2D eigenvalue weighted by atomic mass is 9.76. The van der Waals surface area contributed by atoms with Gasteiger partial charge in [-0.05, 0) is 42.2 Å². The third kappa shape index (κ3) is 4.82. The number of allylic oxidation sites excluding steroid dienone is 4. The predicted octanol–water partition coefficient (Wildman–Crippen LogP) is 8.67. The van der Waals surface area contributed by atoms with Gasteiger partial charge in [0.2, 0.25) is 0 Å². The maximum absolute atomic E-state index is 15.8. The highest BCUT2D eigenvalue weighted by molar-refractivity contribution is 7.82. The number of para-hydroxylation sites is 2. The van der Waals surface area contributed by atoms with Gasteiger partial charge in [0.25, 0.3) is 0 Å². The lowest BCUT2D eigenvalue weighted by molar-refractivity contribution is 0.424. The van der Waals surface area contributed by atoms with Crippen LogP contribution in [-0.2, 0) is 9.98 Å². The number of benzene rings is 5. The molecule has 0 fully saturated rings. The Bertz CT molecular complexity index is 1890. The summed E-state index contributed by atoms with van der Waals surface area (Å²) in [6.45, 7) is 6.73. The van der Waals surface area contributed by atoms with Crippen LogP contribution >= 0.6 is 15.1 Å². The molecule has 44 heavy (non-hydrogen) atoms. The molecule has 1 aliphatic heterocycles. The highest BCUT2D eigenvalue weighted by Crippen LogP contribution is 2.59. The van der Waals surface area contributed by atoms with Crippen molar-refractivity contribution in [3.05, 3.63) is 162 Å². The Labute approximate surface area is 262 Å². The number of hydrogen-bond donors (Lipinski definition) is 0. The van der Waals surface area contributed by atoms with Gasteiger partial charge >= 0.3 is 0 Å². The summed E-state index contributed by atoms with van der Waals surface area (Å²) in [6.07, 6.45) is 7.09. The largest absolute Gasteiger partial charge is 0.455 e. The molecule has 5 aromatic carbocycles. The van der Waals surface area contributed by atoms with Gasteiger partial charge in [-0.3, -0.25) is 0 Å². The minimum absolute atomic E-state index is 0.316. The Balaban J connectivity index is 1.47. The van der Waals surface area contributed by atoms with Crippen LogP contribution in [0.4, 0.5) is 0 Å². The van der Waals surface area contributed by atoms with Crippen molar-refractivity contribution in [1.29, 1.82) is 0 Å². The van der Waals surface area contributed by atoms with E-state index in [2.05, 4.69) is 130 Å². The summed E-state index contributed by atoms with van der Waals surface area (Å²) in [6, 6.07) is 44.3. The fraction of sp³-hybridized carbons (Fsp3) is 0.150. The summed E-state index contributed by atoms with van der Waals surface area (Å²) >= 11 is 0. The molecule has 0 bridgehead atoms. The number of fused-ring (bicyclic) bond motifs is 2. The second-order valence-electron chi connectivity index (χ2n) is 12.2. The summed E-state index contributed by atoms with van der Waals surface area (Å²) in [5, 5.41) is 6.32. The summed E-state index contributed by atoms with van der Waals surface area (Å²) in [7, 11) is -4.14. The normalized spacial score (nSPS) is 18.0. The Morgan fingerprint density at radius 2 is 1.27 bits per heavy atom. The molecule has 0 aromatic heterocycles. The van der Waals surface area contributed by atoms with Crippen molar-refractivity contribution in [3.8, 4) is 11.5 Å². The van der Waals surface area contributed by atoms with E-state index in [9.17, 15) is 0 Å². The van der Waals surface area contributed by atoms with Gasteiger partial charge in [-0.1, -0.05) is 160 Å². The zero-order chi connectivity index (χ0) is 30.3. The molecule has 7 rings (SSSR count). The van der Waals surface area contributed by atoms with Crippen molar-refractivity contribution >= 4 is 41.6 Å². The molecule has 218 valence electrons. The first-order valence-corrected chi connectivity index (χ1v) is 18.3. The third-order valence-electron chi connectivity index (χ3n) is 8.93. The second kappa shape index (κ2) is 11.5. The van der Waals surface area contributed by atoms with E-state index in [0.717, 1.165) is 45.0 Å². The predicted molar refractivity (Wildman–Crippen MR) is 188 cm³/mol. The summed E-state index contributed by atoms with van der Waals surface area (Å²) < 4.78 is 23.0. The van der Waals surface area contributed by atoms with E-state index >= 15 is 4.57 Å². The van der Waals surface area contributed by atoms with Gasteiger partial charge < -0.3 is 9.30 Å². The van der Waals surface area contributed by atoms with Gasteiger partial charge in [-0.25, -0.2) is 0 Å². The van der Waals surface area contributed by atoms with Gasteiger partial charge in [-0.15, -0.1) is 0 Å². The van der Waals surface area contributed by atoms with E-state index in [1.54, 1.807) is 0 Å². The van der Waals surface area contributed by atoms with Crippen LogP contribution in [0.5, 0.6) is 11.5 Å². The van der Waals surface area contributed by atoms with Gasteiger partial charge in [-0.2, -0.15) is 0 Å². The fourth-order valence-electron chi connectivity index (χ4n) is 6.65. The van der Waals surface area contributed by atoms with Crippen molar-refractivity contribution in [3.63, 3.8) is 0 Å². The van der Waals surface area contributed by atoms with Crippen molar-refractivity contribution in [2.45, 2.75) is 32.6 Å². The number of rotatable bonds is 6.